The van der Waals surface area contributed by atoms with Crippen LogP contribution < -0.4 is 10.9 Å². The zero-order valence-electron chi connectivity index (χ0n) is 14.0. The quantitative estimate of drug-likeness (QED) is 0.572. The van der Waals surface area contributed by atoms with Crippen LogP contribution in [0, 0.1) is 6.92 Å². The second-order valence-electron chi connectivity index (χ2n) is 5.69. The maximum Gasteiger partial charge on any atom is 0.345 e. The highest BCUT2D eigenvalue weighted by Gasteiger charge is 2.20. The van der Waals surface area contributed by atoms with Gasteiger partial charge in [-0.05, 0) is 39.0 Å². The second kappa shape index (κ2) is 6.68. The van der Waals surface area contributed by atoms with Crippen LogP contribution in [-0.2, 0) is 9.53 Å². The van der Waals surface area contributed by atoms with E-state index >= 15 is 0 Å². The van der Waals surface area contributed by atoms with Gasteiger partial charge in [0.15, 0.2) is 0 Å². The largest absolute Gasteiger partial charge is 0.464 e. The number of benzene rings is 1. The second-order valence-corrected chi connectivity index (χ2v) is 6.74. The number of hydrogen-bond donors (Lipinski definition) is 1. The molecule has 0 fully saturated rings. The molecule has 1 amide bonds. The van der Waals surface area contributed by atoms with Crippen molar-refractivity contribution in [3.63, 3.8) is 0 Å². The van der Waals surface area contributed by atoms with Crippen molar-refractivity contribution in [1.82, 2.24) is 5.32 Å². The monoisotopic (exact) mass is 359 g/mol. The van der Waals surface area contributed by atoms with E-state index in [9.17, 15) is 14.4 Å². The summed E-state index contributed by atoms with van der Waals surface area (Å²) >= 11 is 1.20. The molecule has 2 aromatic heterocycles. The first-order valence-electron chi connectivity index (χ1n) is 7.85. The van der Waals surface area contributed by atoms with Gasteiger partial charge >= 0.3 is 11.6 Å². The van der Waals surface area contributed by atoms with E-state index in [2.05, 4.69) is 5.32 Å². The Kier molecular flexibility index (Phi) is 4.59. The molecular weight excluding hydrogens is 342 g/mol. The highest BCUT2D eigenvalue weighted by Crippen LogP contribution is 2.31. The lowest BCUT2D eigenvalue weighted by atomic mass is 10.1. The fourth-order valence-electron chi connectivity index (χ4n) is 2.51. The lowest BCUT2D eigenvalue weighted by molar-refractivity contribution is -0.144. The molecule has 0 bridgehead atoms. The average molecular weight is 359 g/mol. The zero-order valence-corrected chi connectivity index (χ0v) is 14.9. The van der Waals surface area contributed by atoms with Gasteiger partial charge < -0.3 is 14.5 Å². The van der Waals surface area contributed by atoms with Crippen LogP contribution in [0.2, 0.25) is 0 Å². The molecule has 1 aromatic carbocycles. The van der Waals surface area contributed by atoms with E-state index in [1.165, 1.54) is 17.4 Å². The first-order chi connectivity index (χ1) is 11.9. The maximum absolute atomic E-state index is 12.4. The standard InChI is InChI=1S/C18H17NO5S/c1-4-23-17(21)10(3)19-16(20)14-8-12-15(25-14)11-7-9(2)5-6-13(11)24-18(12)22/h5-8,10H,4H2,1-3H3,(H,19,20). The summed E-state index contributed by atoms with van der Waals surface area (Å²) in [4.78, 5) is 36.6. The van der Waals surface area contributed by atoms with E-state index in [0.29, 0.717) is 20.5 Å². The molecule has 25 heavy (non-hydrogen) atoms. The van der Waals surface area contributed by atoms with Gasteiger partial charge in [0, 0.05) is 5.39 Å². The van der Waals surface area contributed by atoms with Gasteiger partial charge in [0.25, 0.3) is 5.91 Å². The number of carbonyl (C=O) groups is 2. The van der Waals surface area contributed by atoms with Gasteiger partial charge in [-0.2, -0.15) is 0 Å². The van der Waals surface area contributed by atoms with E-state index in [-0.39, 0.29) is 6.61 Å². The first kappa shape index (κ1) is 17.2. The van der Waals surface area contributed by atoms with Crippen LogP contribution >= 0.6 is 11.3 Å². The number of carbonyl (C=O) groups excluding carboxylic acids is 2. The number of fused-ring (bicyclic) bond motifs is 3. The number of amides is 1. The fourth-order valence-corrected chi connectivity index (χ4v) is 3.58. The van der Waals surface area contributed by atoms with Gasteiger partial charge in [-0.3, -0.25) is 4.79 Å². The molecule has 3 rings (SSSR count). The van der Waals surface area contributed by atoms with Crippen LogP contribution in [0.5, 0.6) is 0 Å². The van der Waals surface area contributed by atoms with Crippen LogP contribution in [0.4, 0.5) is 0 Å². The predicted octanol–water partition coefficient (Wildman–Crippen LogP) is 3.00. The van der Waals surface area contributed by atoms with Crippen molar-refractivity contribution in [2.75, 3.05) is 6.61 Å². The Balaban J connectivity index is 2.01. The van der Waals surface area contributed by atoms with Gasteiger partial charge in [0.2, 0.25) is 0 Å². The maximum atomic E-state index is 12.4. The third-order valence-corrected chi connectivity index (χ3v) is 4.91. The Morgan fingerprint density at radius 2 is 2.04 bits per heavy atom. The van der Waals surface area contributed by atoms with Crippen molar-refractivity contribution in [2.45, 2.75) is 26.8 Å². The van der Waals surface area contributed by atoms with Crippen LogP contribution in [0.1, 0.15) is 29.1 Å². The Labute approximate surface area is 147 Å². The minimum Gasteiger partial charge on any atom is -0.464 e. The molecule has 1 atom stereocenters. The highest BCUT2D eigenvalue weighted by atomic mass is 32.1. The Bertz CT molecular complexity index is 1030. The number of esters is 1. The van der Waals surface area contributed by atoms with E-state index in [4.69, 9.17) is 9.15 Å². The van der Waals surface area contributed by atoms with Gasteiger partial charge in [-0.15, -0.1) is 11.3 Å². The van der Waals surface area contributed by atoms with Crippen molar-refractivity contribution in [2.24, 2.45) is 0 Å². The highest BCUT2D eigenvalue weighted by molar-refractivity contribution is 7.21. The molecule has 2 heterocycles. The Morgan fingerprint density at radius 3 is 2.76 bits per heavy atom. The van der Waals surface area contributed by atoms with Crippen molar-refractivity contribution in [1.29, 1.82) is 0 Å². The molecule has 7 heteroatoms. The van der Waals surface area contributed by atoms with Crippen LogP contribution in [0.3, 0.4) is 0 Å². The molecular formula is C18H17NO5S. The topological polar surface area (TPSA) is 85.6 Å². The van der Waals surface area contributed by atoms with E-state index in [1.807, 2.05) is 19.1 Å². The molecule has 0 spiro atoms. The minimum atomic E-state index is -0.770. The van der Waals surface area contributed by atoms with Gasteiger partial charge in [-0.1, -0.05) is 11.6 Å². The van der Waals surface area contributed by atoms with Gasteiger partial charge in [-0.25, -0.2) is 9.59 Å². The zero-order chi connectivity index (χ0) is 18.1. The molecule has 6 nitrogen and oxygen atoms in total. The van der Waals surface area contributed by atoms with Crippen molar-refractivity contribution >= 4 is 44.3 Å². The lowest BCUT2D eigenvalue weighted by Crippen LogP contribution is -2.39. The molecule has 1 N–H and O–H groups in total. The fraction of sp³-hybridized carbons (Fsp3) is 0.278. The lowest BCUT2D eigenvalue weighted by Gasteiger charge is -2.11. The predicted molar refractivity (Wildman–Crippen MR) is 96.2 cm³/mol. The SMILES string of the molecule is CCOC(=O)C(C)NC(=O)c1cc2c(=O)oc3ccc(C)cc3c2s1. The Hall–Kier alpha value is -2.67. The number of thiophene rings is 1. The molecule has 1 unspecified atom stereocenters. The summed E-state index contributed by atoms with van der Waals surface area (Å²) in [5.41, 5.74) is 1.02. The number of rotatable bonds is 4. The molecule has 3 aromatic rings. The van der Waals surface area contributed by atoms with Gasteiger partial charge in [0.1, 0.15) is 11.6 Å². The normalized spacial score (nSPS) is 12.3. The summed E-state index contributed by atoms with van der Waals surface area (Å²) < 4.78 is 10.9. The van der Waals surface area contributed by atoms with Crippen LogP contribution in [-0.4, -0.2) is 24.5 Å². The minimum absolute atomic E-state index is 0.244. The average Bonchev–Trinajstić information content (AvgIpc) is 3.02. The smallest absolute Gasteiger partial charge is 0.345 e. The number of hydrogen-bond acceptors (Lipinski definition) is 6. The van der Waals surface area contributed by atoms with Crippen LogP contribution in [0.25, 0.3) is 21.1 Å². The molecule has 0 aliphatic carbocycles. The van der Waals surface area contributed by atoms with Crippen LogP contribution in [0.15, 0.2) is 33.5 Å². The summed E-state index contributed by atoms with van der Waals surface area (Å²) in [5, 5.41) is 3.73. The number of nitrogens with one attached hydrogen (secondary N) is 1. The summed E-state index contributed by atoms with van der Waals surface area (Å²) in [6, 6.07) is 6.25. The van der Waals surface area contributed by atoms with Crippen molar-refractivity contribution in [3.8, 4) is 0 Å². The summed E-state index contributed by atoms with van der Waals surface area (Å²) in [6.07, 6.45) is 0. The summed E-state index contributed by atoms with van der Waals surface area (Å²) in [5.74, 6) is -0.931. The number of aryl methyl sites for hydroxylation is 1. The third-order valence-electron chi connectivity index (χ3n) is 3.75. The van der Waals surface area contributed by atoms with E-state index < -0.39 is 23.5 Å². The van der Waals surface area contributed by atoms with Crippen molar-refractivity contribution < 1.29 is 18.7 Å². The molecule has 0 aliphatic rings. The molecule has 0 saturated carbocycles. The number of ether oxygens (including phenoxy) is 1. The third kappa shape index (κ3) is 3.28. The Morgan fingerprint density at radius 1 is 1.28 bits per heavy atom. The summed E-state index contributed by atoms with van der Waals surface area (Å²) in [6.45, 7) is 5.44. The molecule has 0 aliphatic heterocycles. The summed E-state index contributed by atoms with van der Waals surface area (Å²) in [7, 11) is 0. The van der Waals surface area contributed by atoms with E-state index in [0.717, 1.165) is 10.9 Å². The molecule has 130 valence electrons. The first-order valence-corrected chi connectivity index (χ1v) is 8.67. The molecule has 0 radical (unpaired) electrons. The van der Waals surface area contributed by atoms with E-state index in [1.54, 1.807) is 19.9 Å². The van der Waals surface area contributed by atoms with Gasteiger partial charge in [0.05, 0.1) is 21.6 Å². The molecule has 0 saturated heterocycles. The van der Waals surface area contributed by atoms with Crippen molar-refractivity contribution in [3.05, 3.63) is 45.1 Å².